The molecule has 0 rings (SSSR count). The minimum atomic E-state index is -4.96. The molecule has 0 spiro atoms. The molecule has 2 unspecified atom stereocenters. The van der Waals surface area contributed by atoms with Crippen molar-refractivity contribution in [2.24, 2.45) is 0 Å². The highest BCUT2D eigenvalue weighted by Crippen LogP contribution is 2.45. The van der Waals surface area contributed by atoms with Gasteiger partial charge in [0, 0.05) is 25.7 Å². The first kappa shape index (κ1) is 86.5. The van der Waals surface area contributed by atoms with Crippen molar-refractivity contribution in [3.8, 4) is 0 Å². The van der Waals surface area contributed by atoms with Gasteiger partial charge in [-0.05, 0) is 51.4 Å². The third kappa shape index (κ3) is 64.1. The van der Waals surface area contributed by atoms with Crippen LogP contribution < -0.4 is 0 Å². The summed E-state index contributed by atoms with van der Waals surface area (Å²) in [7, 11) is -9.91. The first-order valence-corrected chi connectivity index (χ1v) is 39.1. The Morgan fingerprint density at radius 3 is 0.820 bits per heavy atom. The maximum Gasteiger partial charge on any atom is 0.472 e. The zero-order valence-corrected chi connectivity index (χ0v) is 58.7. The summed E-state index contributed by atoms with van der Waals surface area (Å²) in [5.41, 5.74) is 0. The van der Waals surface area contributed by atoms with Gasteiger partial charge in [-0.2, -0.15) is 0 Å². The molecule has 5 atom stereocenters. The lowest BCUT2D eigenvalue weighted by molar-refractivity contribution is -0.161. The van der Waals surface area contributed by atoms with Gasteiger partial charge in [-0.15, -0.1) is 0 Å². The molecule has 0 radical (unpaired) electrons. The largest absolute Gasteiger partial charge is 0.472 e. The fourth-order valence-corrected chi connectivity index (χ4v) is 11.7. The fraction of sp³-hybridized carbons (Fsp3) is 0.886. The van der Waals surface area contributed by atoms with E-state index in [9.17, 15) is 43.2 Å². The Hall–Kier alpha value is -2.46. The number of aliphatic hydroxyl groups excluding tert-OH is 1. The molecule has 524 valence electrons. The summed E-state index contributed by atoms with van der Waals surface area (Å²) < 4.78 is 68.2. The average Bonchev–Trinajstić information content (AvgIpc) is 3.69. The van der Waals surface area contributed by atoms with Gasteiger partial charge in [0.05, 0.1) is 26.4 Å². The van der Waals surface area contributed by atoms with E-state index in [0.717, 1.165) is 109 Å². The Labute approximate surface area is 542 Å². The van der Waals surface area contributed by atoms with Gasteiger partial charge in [-0.1, -0.05) is 290 Å². The number of unbranched alkanes of at least 4 members (excludes halogenated alkanes) is 40. The second kappa shape index (κ2) is 64.3. The zero-order valence-electron chi connectivity index (χ0n) is 56.9. The summed E-state index contributed by atoms with van der Waals surface area (Å²) in [5, 5.41) is 10.6. The van der Waals surface area contributed by atoms with Crippen LogP contribution in [0.15, 0.2) is 24.3 Å². The van der Waals surface area contributed by atoms with Crippen molar-refractivity contribution in [1.29, 1.82) is 0 Å². The van der Waals surface area contributed by atoms with E-state index in [1.165, 1.54) is 154 Å². The average molecular weight is 1310 g/mol. The van der Waals surface area contributed by atoms with Crippen molar-refractivity contribution in [2.75, 3.05) is 39.6 Å². The van der Waals surface area contributed by atoms with E-state index >= 15 is 0 Å². The lowest BCUT2D eigenvalue weighted by Gasteiger charge is -2.21. The van der Waals surface area contributed by atoms with E-state index in [1.54, 1.807) is 0 Å². The smallest absolute Gasteiger partial charge is 0.462 e. The van der Waals surface area contributed by atoms with Crippen LogP contribution in [0, 0.1) is 0 Å². The summed E-state index contributed by atoms with van der Waals surface area (Å²) in [6.45, 7) is 4.85. The lowest BCUT2D eigenvalue weighted by Crippen LogP contribution is -2.30. The number of rotatable bonds is 69. The van der Waals surface area contributed by atoms with Gasteiger partial charge in [-0.3, -0.25) is 37.3 Å². The summed E-state index contributed by atoms with van der Waals surface area (Å²) in [5.74, 6) is -2.15. The van der Waals surface area contributed by atoms with Gasteiger partial charge in [0.25, 0.3) is 0 Å². The molecular weight excluding hydrogens is 1170 g/mol. The molecule has 89 heavy (non-hydrogen) atoms. The number of carbonyl (C=O) groups is 4. The number of esters is 4. The second-order valence-electron chi connectivity index (χ2n) is 24.6. The number of phosphoric ester groups is 2. The Balaban J connectivity index is 5.26. The molecule has 0 aromatic rings. The van der Waals surface area contributed by atoms with Crippen molar-refractivity contribution in [3.63, 3.8) is 0 Å². The van der Waals surface area contributed by atoms with Crippen molar-refractivity contribution in [2.45, 2.75) is 361 Å². The van der Waals surface area contributed by atoms with E-state index in [1.807, 2.05) is 0 Å². The molecule has 0 heterocycles. The Morgan fingerprint density at radius 1 is 0.315 bits per heavy atom. The molecule has 0 bridgehead atoms. The van der Waals surface area contributed by atoms with E-state index in [0.29, 0.717) is 25.7 Å². The minimum absolute atomic E-state index is 0.0858. The number of hydrogen-bond acceptors (Lipinski definition) is 15. The molecule has 0 fully saturated rings. The van der Waals surface area contributed by atoms with Gasteiger partial charge in [0.2, 0.25) is 0 Å². The minimum Gasteiger partial charge on any atom is -0.462 e. The van der Waals surface area contributed by atoms with Crippen LogP contribution in [-0.2, 0) is 65.4 Å². The monoisotopic (exact) mass is 1310 g/mol. The highest BCUT2D eigenvalue weighted by molar-refractivity contribution is 7.47. The highest BCUT2D eigenvalue weighted by Gasteiger charge is 2.30. The standard InChI is InChI=1S/C70H132O17P2/c1-5-9-13-17-21-25-28-31-33-35-38-41-45-49-53-57-70(75)87-66(61-81-68(73)55-51-47-43-39-37-34-32-29-26-22-18-14-10-6-2)63-85-89(78,79)83-59-64(71)58-82-88(76,77)84-62-65(60-80-67(72)54-50-46-42-24-20-16-12-8-4)86-69(74)56-52-48-44-40-36-30-27-23-19-15-11-7-3/h25,28,31,33,64-66,71H,5-24,26-27,29-30,32,34-63H2,1-4H3,(H,76,77)(H,78,79)/b28-25-,33-31-/t64-,65+,66+/m0/s1. The summed E-state index contributed by atoms with van der Waals surface area (Å²) in [4.78, 5) is 72.4. The zero-order chi connectivity index (χ0) is 65.4. The first-order valence-electron chi connectivity index (χ1n) is 36.1. The predicted octanol–water partition coefficient (Wildman–Crippen LogP) is 19.8. The van der Waals surface area contributed by atoms with E-state index < -0.39 is 97.5 Å². The van der Waals surface area contributed by atoms with Crippen LogP contribution in [-0.4, -0.2) is 96.7 Å². The summed E-state index contributed by atoms with van der Waals surface area (Å²) in [6.07, 6.45) is 54.8. The molecule has 0 aromatic heterocycles. The Kier molecular flexibility index (Phi) is 62.5. The lowest BCUT2D eigenvalue weighted by atomic mass is 10.0. The van der Waals surface area contributed by atoms with Crippen molar-refractivity contribution < 1.29 is 80.2 Å². The SMILES string of the molecule is CCCCCC/C=C\C=C/CCCCCCCC(=O)O[C@H](COC(=O)CCCCCCCCCCCCCCCC)COP(=O)(O)OC[C@@H](O)COP(=O)(O)OC[C@@H](COC(=O)CCCCCCCCCC)OC(=O)CCCCCCCCCCCCCC. The Bertz CT molecular complexity index is 1800. The maximum absolute atomic E-state index is 13.0. The molecule has 0 amide bonds. The second-order valence-corrected chi connectivity index (χ2v) is 27.5. The number of hydrogen-bond donors (Lipinski definition) is 3. The van der Waals surface area contributed by atoms with E-state index in [2.05, 4.69) is 52.0 Å². The van der Waals surface area contributed by atoms with Crippen LogP contribution in [0.5, 0.6) is 0 Å². The Morgan fingerprint density at radius 2 is 0.539 bits per heavy atom. The molecular formula is C70H132O17P2. The van der Waals surface area contributed by atoms with Crippen LogP contribution in [0.25, 0.3) is 0 Å². The number of aliphatic hydroxyl groups is 1. The third-order valence-corrected chi connectivity index (χ3v) is 17.6. The van der Waals surface area contributed by atoms with E-state index in [4.69, 9.17) is 37.0 Å². The molecule has 0 aromatic carbocycles. The molecule has 0 aliphatic heterocycles. The summed E-state index contributed by atoms with van der Waals surface area (Å²) >= 11 is 0. The normalized spacial score (nSPS) is 14.2. The number of carbonyl (C=O) groups excluding carboxylic acids is 4. The van der Waals surface area contributed by atoms with Gasteiger partial charge in [-0.25, -0.2) is 9.13 Å². The number of allylic oxidation sites excluding steroid dienone is 4. The third-order valence-electron chi connectivity index (χ3n) is 15.7. The van der Waals surface area contributed by atoms with Crippen LogP contribution in [0.1, 0.15) is 342 Å². The highest BCUT2D eigenvalue weighted by atomic mass is 31.2. The van der Waals surface area contributed by atoms with Crippen LogP contribution in [0.4, 0.5) is 0 Å². The first-order chi connectivity index (χ1) is 43.2. The van der Waals surface area contributed by atoms with Gasteiger partial charge in [0.1, 0.15) is 19.3 Å². The van der Waals surface area contributed by atoms with Crippen LogP contribution >= 0.6 is 15.6 Å². The predicted molar refractivity (Wildman–Crippen MR) is 358 cm³/mol. The molecule has 0 aliphatic rings. The van der Waals surface area contributed by atoms with Gasteiger partial charge >= 0.3 is 39.5 Å². The fourth-order valence-electron chi connectivity index (χ4n) is 10.2. The number of ether oxygens (including phenoxy) is 4. The molecule has 19 heteroatoms. The van der Waals surface area contributed by atoms with Gasteiger partial charge in [0.15, 0.2) is 12.2 Å². The summed E-state index contributed by atoms with van der Waals surface area (Å²) in [6, 6.07) is 0. The van der Waals surface area contributed by atoms with Crippen molar-refractivity contribution in [3.05, 3.63) is 24.3 Å². The maximum atomic E-state index is 13.0. The molecule has 0 saturated carbocycles. The molecule has 0 saturated heterocycles. The van der Waals surface area contributed by atoms with E-state index in [-0.39, 0.29) is 25.7 Å². The molecule has 0 aliphatic carbocycles. The van der Waals surface area contributed by atoms with Crippen molar-refractivity contribution in [1.82, 2.24) is 0 Å². The van der Waals surface area contributed by atoms with Crippen molar-refractivity contribution >= 4 is 39.5 Å². The molecule has 3 N–H and O–H groups in total. The van der Waals surface area contributed by atoms with Crippen LogP contribution in [0.2, 0.25) is 0 Å². The molecule has 17 nitrogen and oxygen atoms in total. The number of phosphoric acid groups is 2. The van der Waals surface area contributed by atoms with Crippen LogP contribution in [0.3, 0.4) is 0 Å². The van der Waals surface area contributed by atoms with Gasteiger partial charge < -0.3 is 33.8 Å². The quantitative estimate of drug-likeness (QED) is 0.0169. The topological polar surface area (TPSA) is 237 Å².